The normalized spacial score (nSPS) is 11.9. The van der Waals surface area contributed by atoms with Crippen molar-refractivity contribution in [2.24, 2.45) is 0 Å². The summed E-state index contributed by atoms with van der Waals surface area (Å²) in [4.78, 5) is 12.2. The Hall–Kier alpha value is -0.870. The van der Waals surface area contributed by atoms with Crippen molar-refractivity contribution in [2.45, 2.75) is 52.7 Å². The fourth-order valence-corrected chi connectivity index (χ4v) is 2.00. The van der Waals surface area contributed by atoms with Gasteiger partial charge in [-0.15, -0.1) is 0 Å². The van der Waals surface area contributed by atoms with Crippen LogP contribution in [0.3, 0.4) is 0 Å². The van der Waals surface area contributed by atoms with Crippen molar-refractivity contribution in [3.8, 4) is 0 Å². The molecular formula is C13H21ClN2O2. The first kappa shape index (κ1) is 15.2. The zero-order valence-electron chi connectivity index (χ0n) is 11.7. The maximum absolute atomic E-state index is 12.2. The van der Waals surface area contributed by atoms with Crippen molar-refractivity contribution in [1.82, 2.24) is 9.78 Å². The van der Waals surface area contributed by atoms with Crippen LogP contribution in [0.5, 0.6) is 0 Å². The molecule has 0 atom stereocenters. The fourth-order valence-electron chi connectivity index (χ4n) is 1.66. The molecule has 0 radical (unpaired) electrons. The first-order chi connectivity index (χ1) is 8.37. The van der Waals surface area contributed by atoms with Gasteiger partial charge in [0.2, 0.25) is 0 Å². The minimum atomic E-state index is -0.793. The van der Waals surface area contributed by atoms with Crippen molar-refractivity contribution < 1.29 is 9.53 Å². The number of Topliss-reactive ketones (excluding diaryl/α,β-unsaturated/α-hetero) is 1. The van der Waals surface area contributed by atoms with Gasteiger partial charge >= 0.3 is 0 Å². The summed E-state index contributed by atoms with van der Waals surface area (Å²) in [5.41, 5.74) is 0.834. The molecule has 18 heavy (non-hydrogen) atoms. The van der Waals surface area contributed by atoms with E-state index < -0.39 is 5.60 Å². The molecule has 0 aliphatic carbocycles. The van der Waals surface area contributed by atoms with E-state index in [0.29, 0.717) is 11.6 Å². The summed E-state index contributed by atoms with van der Waals surface area (Å²) in [6.45, 7) is 8.21. The number of methoxy groups -OCH3 is 1. The number of hydrogen-bond donors (Lipinski definition) is 0. The molecule has 102 valence electrons. The summed E-state index contributed by atoms with van der Waals surface area (Å²) in [6.07, 6.45) is 1.02. The Morgan fingerprint density at radius 1 is 1.44 bits per heavy atom. The monoisotopic (exact) mass is 272 g/mol. The maximum Gasteiger partial charge on any atom is 0.169 e. The highest BCUT2D eigenvalue weighted by atomic mass is 35.5. The molecule has 1 heterocycles. The van der Waals surface area contributed by atoms with Gasteiger partial charge in [-0.2, -0.15) is 5.10 Å². The van der Waals surface area contributed by atoms with E-state index in [1.54, 1.807) is 18.5 Å². The SMILES string of the molecule is CCc1nn(CC)c(CC(=O)C(C)(C)OC)c1Cl. The molecule has 0 aliphatic heterocycles. The van der Waals surface area contributed by atoms with Crippen LogP contribution >= 0.6 is 11.6 Å². The molecule has 0 aromatic carbocycles. The Morgan fingerprint density at radius 2 is 2.06 bits per heavy atom. The predicted octanol–water partition coefficient (Wildman–Crippen LogP) is 2.66. The molecule has 0 N–H and O–H groups in total. The number of nitrogens with zero attached hydrogens (tertiary/aromatic N) is 2. The van der Waals surface area contributed by atoms with E-state index in [9.17, 15) is 4.79 Å². The van der Waals surface area contributed by atoms with E-state index in [1.807, 2.05) is 13.8 Å². The third-order valence-electron chi connectivity index (χ3n) is 3.20. The second kappa shape index (κ2) is 5.85. The molecule has 0 aliphatic rings. The van der Waals surface area contributed by atoms with Gasteiger partial charge in [0.05, 0.1) is 22.8 Å². The molecule has 0 fully saturated rings. The van der Waals surface area contributed by atoms with Crippen LogP contribution in [0.4, 0.5) is 0 Å². The fraction of sp³-hybridized carbons (Fsp3) is 0.692. The van der Waals surface area contributed by atoms with Gasteiger partial charge in [0.25, 0.3) is 0 Å². The van der Waals surface area contributed by atoms with E-state index in [4.69, 9.17) is 16.3 Å². The number of carbonyl (C=O) groups excluding carboxylic acids is 1. The topological polar surface area (TPSA) is 44.1 Å². The lowest BCUT2D eigenvalue weighted by Gasteiger charge is -2.21. The lowest BCUT2D eigenvalue weighted by molar-refractivity contribution is -0.136. The third kappa shape index (κ3) is 2.93. The lowest BCUT2D eigenvalue weighted by Crippen LogP contribution is -2.35. The minimum absolute atomic E-state index is 0.00385. The third-order valence-corrected chi connectivity index (χ3v) is 3.64. The number of ketones is 1. The summed E-state index contributed by atoms with van der Waals surface area (Å²) in [5, 5.41) is 5.01. The molecule has 0 saturated carbocycles. The molecular weight excluding hydrogens is 252 g/mol. The van der Waals surface area contributed by atoms with E-state index in [0.717, 1.165) is 17.8 Å². The molecule has 0 bridgehead atoms. The number of carbonyl (C=O) groups is 1. The molecule has 0 amide bonds. The van der Waals surface area contributed by atoms with Gasteiger partial charge in [0.15, 0.2) is 5.78 Å². The first-order valence-corrected chi connectivity index (χ1v) is 6.57. The minimum Gasteiger partial charge on any atom is -0.371 e. The van der Waals surface area contributed by atoms with Gasteiger partial charge in [-0.25, -0.2) is 0 Å². The Labute approximate surface area is 113 Å². The van der Waals surface area contributed by atoms with Crippen LogP contribution < -0.4 is 0 Å². The molecule has 5 heteroatoms. The highest BCUT2D eigenvalue weighted by molar-refractivity contribution is 6.32. The van der Waals surface area contributed by atoms with Crippen LogP contribution in [0.2, 0.25) is 5.02 Å². The molecule has 0 unspecified atom stereocenters. The largest absolute Gasteiger partial charge is 0.371 e. The first-order valence-electron chi connectivity index (χ1n) is 6.19. The van der Waals surface area contributed by atoms with Gasteiger partial charge in [0, 0.05) is 13.7 Å². The van der Waals surface area contributed by atoms with Crippen molar-refractivity contribution >= 4 is 17.4 Å². The van der Waals surface area contributed by atoms with Gasteiger partial charge in [-0.3, -0.25) is 9.48 Å². The highest BCUT2D eigenvalue weighted by Crippen LogP contribution is 2.24. The summed E-state index contributed by atoms with van der Waals surface area (Å²) >= 11 is 6.27. The van der Waals surface area contributed by atoms with Crippen molar-refractivity contribution in [3.05, 3.63) is 16.4 Å². The van der Waals surface area contributed by atoms with Crippen LogP contribution in [0.15, 0.2) is 0 Å². The van der Waals surface area contributed by atoms with Gasteiger partial charge in [-0.05, 0) is 27.2 Å². The van der Waals surface area contributed by atoms with E-state index in [-0.39, 0.29) is 12.2 Å². The zero-order chi connectivity index (χ0) is 13.9. The Kier molecular flexibility index (Phi) is 4.93. The summed E-state index contributed by atoms with van der Waals surface area (Å²) in [7, 11) is 1.54. The smallest absolute Gasteiger partial charge is 0.169 e. The van der Waals surface area contributed by atoms with Crippen molar-refractivity contribution in [1.29, 1.82) is 0 Å². The van der Waals surface area contributed by atoms with E-state index >= 15 is 0 Å². The van der Waals surface area contributed by atoms with Gasteiger partial charge < -0.3 is 4.74 Å². The van der Waals surface area contributed by atoms with Gasteiger partial charge in [0.1, 0.15) is 5.60 Å². The van der Waals surface area contributed by atoms with Crippen LogP contribution in [0, 0.1) is 0 Å². The van der Waals surface area contributed by atoms with Crippen LogP contribution in [-0.4, -0.2) is 28.3 Å². The quantitative estimate of drug-likeness (QED) is 0.800. The van der Waals surface area contributed by atoms with Crippen LogP contribution in [0.1, 0.15) is 39.1 Å². The Bertz CT molecular complexity index is 438. The number of hydrogen-bond acceptors (Lipinski definition) is 3. The van der Waals surface area contributed by atoms with E-state index in [1.165, 1.54) is 7.11 Å². The van der Waals surface area contributed by atoms with E-state index in [2.05, 4.69) is 5.10 Å². The maximum atomic E-state index is 12.2. The number of rotatable bonds is 6. The second-order valence-corrected chi connectivity index (χ2v) is 5.07. The molecule has 4 nitrogen and oxygen atoms in total. The van der Waals surface area contributed by atoms with Crippen LogP contribution in [-0.2, 0) is 28.9 Å². The number of aryl methyl sites for hydroxylation is 2. The molecule has 0 saturated heterocycles. The predicted molar refractivity (Wildman–Crippen MR) is 72.1 cm³/mol. The van der Waals surface area contributed by atoms with Crippen molar-refractivity contribution in [3.63, 3.8) is 0 Å². The van der Waals surface area contributed by atoms with Crippen molar-refractivity contribution in [2.75, 3.05) is 7.11 Å². The number of aromatic nitrogens is 2. The highest BCUT2D eigenvalue weighted by Gasteiger charge is 2.29. The number of ether oxygens (including phenoxy) is 1. The lowest BCUT2D eigenvalue weighted by atomic mass is 9.99. The van der Waals surface area contributed by atoms with Crippen LogP contribution in [0.25, 0.3) is 0 Å². The number of halogens is 1. The zero-order valence-corrected chi connectivity index (χ0v) is 12.5. The molecule has 1 rings (SSSR count). The Morgan fingerprint density at radius 3 is 2.50 bits per heavy atom. The average Bonchev–Trinajstić information content (AvgIpc) is 2.66. The Balaban J connectivity index is 3.04. The summed E-state index contributed by atoms with van der Waals surface area (Å²) in [6, 6.07) is 0. The average molecular weight is 273 g/mol. The summed E-state index contributed by atoms with van der Waals surface area (Å²) < 4.78 is 6.99. The second-order valence-electron chi connectivity index (χ2n) is 4.69. The molecule has 1 aromatic heterocycles. The van der Waals surface area contributed by atoms with Gasteiger partial charge in [-0.1, -0.05) is 18.5 Å². The standard InChI is InChI=1S/C13H21ClN2O2/c1-6-9-12(14)10(16(7-2)15-9)8-11(17)13(3,4)18-5/h6-8H2,1-5H3. The summed E-state index contributed by atoms with van der Waals surface area (Å²) in [5.74, 6) is 0.00385. The molecule has 0 spiro atoms. The molecule has 1 aromatic rings.